The zero-order valence-corrected chi connectivity index (χ0v) is 15.0. The number of rotatable bonds is 5. The lowest BCUT2D eigenvalue weighted by molar-refractivity contribution is -0.120. The second-order valence-corrected chi connectivity index (χ2v) is 6.48. The lowest BCUT2D eigenvalue weighted by Crippen LogP contribution is -2.39. The van der Waals surface area contributed by atoms with Gasteiger partial charge in [0.15, 0.2) is 0 Å². The van der Waals surface area contributed by atoms with Crippen LogP contribution < -0.4 is 5.32 Å². The predicted octanol–water partition coefficient (Wildman–Crippen LogP) is 4.21. The smallest absolute Gasteiger partial charge is 0.241 e. The molecule has 0 saturated carbocycles. The fourth-order valence-electron chi connectivity index (χ4n) is 2.87. The molecule has 0 aromatic heterocycles. The molecule has 0 aliphatic rings. The zero-order chi connectivity index (χ0) is 17.9. The van der Waals surface area contributed by atoms with Gasteiger partial charge in [-0.1, -0.05) is 29.8 Å². The summed E-state index contributed by atoms with van der Waals surface area (Å²) in [7, 11) is 1.87. The van der Waals surface area contributed by atoms with Crippen LogP contribution >= 0.6 is 0 Å². The number of likely N-dealkylation sites (N-methyl/N-ethyl adjacent to an activating group) is 1. The summed E-state index contributed by atoms with van der Waals surface area (Å²) < 4.78 is 13.3. The summed E-state index contributed by atoms with van der Waals surface area (Å²) in [6, 6.07) is 10.3. The Morgan fingerprint density at radius 3 is 2.38 bits per heavy atom. The van der Waals surface area contributed by atoms with Crippen molar-refractivity contribution in [3.05, 3.63) is 64.5 Å². The van der Waals surface area contributed by atoms with Gasteiger partial charge in [0.2, 0.25) is 5.91 Å². The Labute approximate surface area is 143 Å². The Bertz CT molecular complexity index is 719. The number of carbonyl (C=O) groups is 1. The highest BCUT2D eigenvalue weighted by Crippen LogP contribution is 2.22. The van der Waals surface area contributed by atoms with E-state index < -0.39 is 0 Å². The molecule has 0 bridgehead atoms. The highest BCUT2D eigenvalue weighted by molar-refractivity contribution is 5.95. The number of nitrogens with zero attached hydrogens (tertiary/aromatic N) is 1. The molecule has 2 aromatic rings. The third-order valence-electron chi connectivity index (χ3n) is 4.29. The molecule has 1 N–H and O–H groups in total. The molecule has 0 radical (unpaired) electrons. The maximum Gasteiger partial charge on any atom is 0.241 e. The topological polar surface area (TPSA) is 32.3 Å². The highest BCUT2D eigenvalue weighted by atomic mass is 19.1. The Hall–Kier alpha value is -2.20. The molecular weight excluding hydrogens is 303 g/mol. The van der Waals surface area contributed by atoms with Gasteiger partial charge in [-0.15, -0.1) is 0 Å². The first kappa shape index (κ1) is 18.1. The van der Waals surface area contributed by atoms with E-state index in [1.165, 1.54) is 17.7 Å². The van der Waals surface area contributed by atoms with E-state index in [2.05, 4.69) is 17.4 Å². The molecule has 1 amide bonds. The average Bonchev–Trinajstić information content (AvgIpc) is 2.49. The quantitative estimate of drug-likeness (QED) is 0.892. The van der Waals surface area contributed by atoms with E-state index >= 15 is 0 Å². The molecule has 0 aliphatic carbocycles. The molecule has 1 atom stereocenters. The molecule has 0 saturated heterocycles. The van der Waals surface area contributed by atoms with Crippen LogP contribution in [-0.2, 0) is 11.3 Å². The Kier molecular flexibility index (Phi) is 5.73. The van der Waals surface area contributed by atoms with Crippen LogP contribution in [0.5, 0.6) is 0 Å². The van der Waals surface area contributed by atoms with Gasteiger partial charge in [-0.3, -0.25) is 9.69 Å². The van der Waals surface area contributed by atoms with Crippen LogP contribution in [0.4, 0.5) is 10.1 Å². The average molecular weight is 328 g/mol. The summed E-state index contributed by atoms with van der Waals surface area (Å²) in [6.07, 6.45) is 0. The largest absolute Gasteiger partial charge is 0.324 e. The predicted molar refractivity (Wildman–Crippen MR) is 96.6 cm³/mol. The van der Waals surface area contributed by atoms with Crippen molar-refractivity contribution in [3.63, 3.8) is 0 Å². The van der Waals surface area contributed by atoms with Crippen molar-refractivity contribution in [1.29, 1.82) is 0 Å². The molecule has 0 spiro atoms. The molecule has 3 nitrogen and oxygen atoms in total. The summed E-state index contributed by atoms with van der Waals surface area (Å²) in [5.74, 6) is -0.326. The molecule has 0 unspecified atom stereocenters. The number of nitrogens with one attached hydrogen (secondary N) is 1. The van der Waals surface area contributed by atoms with Gasteiger partial charge in [-0.05, 0) is 63.6 Å². The van der Waals surface area contributed by atoms with Crippen molar-refractivity contribution in [3.8, 4) is 0 Å². The van der Waals surface area contributed by atoms with Crippen LogP contribution in [0, 0.1) is 26.6 Å². The first-order valence-electron chi connectivity index (χ1n) is 8.11. The lowest BCUT2D eigenvalue weighted by atomic mass is 10.0. The monoisotopic (exact) mass is 328 g/mol. The molecule has 2 aromatic carbocycles. The number of anilines is 1. The number of hydrogen-bond donors (Lipinski definition) is 1. The van der Waals surface area contributed by atoms with Crippen LogP contribution in [0.25, 0.3) is 0 Å². The Morgan fingerprint density at radius 1 is 1.17 bits per heavy atom. The van der Waals surface area contributed by atoms with E-state index in [-0.39, 0.29) is 17.8 Å². The zero-order valence-electron chi connectivity index (χ0n) is 15.0. The SMILES string of the molecule is Cc1cc(C)c(NC(=O)[C@@H](C)N(C)Cc2cccc(F)c2)c(C)c1. The Morgan fingerprint density at radius 2 is 1.79 bits per heavy atom. The van der Waals surface area contributed by atoms with Crippen LogP contribution in [0.2, 0.25) is 0 Å². The third-order valence-corrected chi connectivity index (χ3v) is 4.29. The van der Waals surface area contributed by atoms with E-state index in [4.69, 9.17) is 0 Å². The second-order valence-electron chi connectivity index (χ2n) is 6.48. The summed E-state index contributed by atoms with van der Waals surface area (Å²) >= 11 is 0. The maximum absolute atomic E-state index is 13.3. The maximum atomic E-state index is 13.3. The normalized spacial score (nSPS) is 12.3. The highest BCUT2D eigenvalue weighted by Gasteiger charge is 2.19. The van der Waals surface area contributed by atoms with Crippen LogP contribution in [0.3, 0.4) is 0 Å². The van der Waals surface area contributed by atoms with E-state index in [0.717, 1.165) is 22.4 Å². The number of hydrogen-bond acceptors (Lipinski definition) is 2. The molecule has 4 heteroatoms. The first-order valence-corrected chi connectivity index (χ1v) is 8.11. The summed E-state index contributed by atoms with van der Waals surface area (Å²) in [5, 5.41) is 3.03. The minimum Gasteiger partial charge on any atom is -0.324 e. The van der Waals surface area contributed by atoms with Crippen molar-refractivity contribution < 1.29 is 9.18 Å². The Balaban J connectivity index is 2.06. The van der Waals surface area contributed by atoms with Crippen LogP contribution in [-0.4, -0.2) is 23.9 Å². The van der Waals surface area contributed by atoms with Crippen molar-refractivity contribution in [2.45, 2.75) is 40.3 Å². The molecular formula is C20H25FN2O. The van der Waals surface area contributed by atoms with Gasteiger partial charge in [0.05, 0.1) is 6.04 Å². The third kappa shape index (κ3) is 4.42. The molecule has 0 aliphatic heterocycles. The number of aryl methyl sites for hydroxylation is 3. The summed E-state index contributed by atoms with van der Waals surface area (Å²) in [4.78, 5) is 14.5. The molecule has 24 heavy (non-hydrogen) atoms. The molecule has 0 fully saturated rings. The first-order chi connectivity index (χ1) is 11.3. The van der Waals surface area contributed by atoms with Crippen LogP contribution in [0.15, 0.2) is 36.4 Å². The number of benzene rings is 2. The van der Waals surface area contributed by atoms with Crippen LogP contribution in [0.1, 0.15) is 29.2 Å². The van der Waals surface area contributed by atoms with Gasteiger partial charge >= 0.3 is 0 Å². The lowest BCUT2D eigenvalue weighted by Gasteiger charge is -2.25. The van der Waals surface area contributed by atoms with Gasteiger partial charge in [0.1, 0.15) is 5.82 Å². The van der Waals surface area contributed by atoms with Crippen molar-refractivity contribution >= 4 is 11.6 Å². The number of amides is 1. The number of halogens is 1. The second kappa shape index (κ2) is 7.58. The van der Waals surface area contributed by atoms with Gasteiger partial charge in [-0.2, -0.15) is 0 Å². The molecule has 0 heterocycles. The molecule has 2 rings (SSSR count). The number of carbonyl (C=O) groups excluding carboxylic acids is 1. The van der Waals surface area contributed by atoms with E-state index in [9.17, 15) is 9.18 Å². The van der Waals surface area contributed by atoms with Gasteiger partial charge in [0.25, 0.3) is 0 Å². The van der Waals surface area contributed by atoms with E-state index in [1.54, 1.807) is 6.07 Å². The molecule has 128 valence electrons. The summed E-state index contributed by atoms with van der Waals surface area (Å²) in [5.41, 5.74) is 5.01. The van der Waals surface area contributed by atoms with Gasteiger partial charge < -0.3 is 5.32 Å². The van der Waals surface area contributed by atoms with Gasteiger partial charge in [-0.25, -0.2) is 4.39 Å². The minimum absolute atomic E-state index is 0.0658. The standard InChI is InChI=1S/C20H25FN2O/c1-13-9-14(2)19(15(3)10-13)22-20(24)16(4)23(5)12-17-7-6-8-18(21)11-17/h6-11,16H,12H2,1-5H3,(H,22,24)/t16-/m1/s1. The van der Waals surface area contributed by atoms with Crippen molar-refractivity contribution in [1.82, 2.24) is 4.90 Å². The van der Waals surface area contributed by atoms with E-state index in [1.807, 2.05) is 45.7 Å². The summed E-state index contributed by atoms with van der Waals surface area (Å²) in [6.45, 7) is 8.40. The fourth-order valence-corrected chi connectivity index (χ4v) is 2.87. The van der Waals surface area contributed by atoms with E-state index in [0.29, 0.717) is 6.54 Å². The fraction of sp³-hybridized carbons (Fsp3) is 0.350. The minimum atomic E-state index is -0.326. The van der Waals surface area contributed by atoms with Crippen molar-refractivity contribution in [2.75, 3.05) is 12.4 Å². The van der Waals surface area contributed by atoms with Gasteiger partial charge in [0, 0.05) is 12.2 Å². The van der Waals surface area contributed by atoms with Crippen molar-refractivity contribution in [2.24, 2.45) is 0 Å².